The van der Waals surface area contributed by atoms with Crippen molar-refractivity contribution in [2.24, 2.45) is 5.92 Å². The fraction of sp³-hybridized carbons (Fsp3) is 0.545. The molecule has 0 radical (unpaired) electrons. The SMILES string of the molecule is Cc1ccc(N)c(OCC2CCOC2)n1. The number of nitrogen functional groups attached to an aromatic ring is 1. The van der Waals surface area contributed by atoms with Crippen molar-refractivity contribution in [2.45, 2.75) is 13.3 Å². The Hall–Kier alpha value is -1.29. The molecule has 0 bridgehead atoms. The van der Waals surface area contributed by atoms with Crippen LogP contribution in [0.4, 0.5) is 5.69 Å². The maximum atomic E-state index is 5.76. The van der Waals surface area contributed by atoms with Gasteiger partial charge in [0.25, 0.3) is 0 Å². The average Bonchev–Trinajstić information content (AvgIpc) is 2.72. The third kappa shape index (κ3) is 2.59. The highest BCUT2D eigenvalue weighted by atomic mass is 16.5. The van der Waals surface area contributed by atoms with Gasteiger partial charge in [0.05, 0.1) is 18.9 Å². The summed E-state index contributed by atoms with van der Waals surface area (Å²) in [6, 6.07) is 3.70. The van der Waals surface area contributed by atoms with E-state index in [9.17, 15) is 0 Å². The van der Waals surface area contributed by atoms with Crippen LogP contribution in [0.1, 0.15) is 12.1 Å². The molecule has 82 valence electrons. The number of anilines is 1. The molecular weight excluding hydrogens is 192 g/mol. The topological polar surface area (TPSA) is 57.4 Å². The Morgan fingerprint density at radius 2 is 2.47 bits per heavy atom. The first-order valence-electron chi connectivity index (χ1n) is 5.19. The Labute approximate surface area is 89.4 Å². The van der Waals surface area contributed by atoms with Gasteiger partial charge in [0.2, 0.25) is 5.88 Å². The lowest BCUT2D eigenvalue weighted by atomic mass is 10.1. The minimum atomic E-state index is 0.478. The number of nitrogens with two attached hydrogens (primary N) is 1. The molecule has 2 heterocycles. The molecule has 2 N–H and O–H groups in total. The predicted molar refractivity (Wildman–Crippen MR) is 57.8 cm³/mol. The lowest BCUT2D eigenvalue weighted by molar-refractivity contribution is 0.166. The van der Waals surface area contributed by atoms with Crippen LogP contribution < -0.4 is 10.5 Å². The normalized spacial score (nSPS) is 20.5. The van der Waals surface area contributed by atoms with Gasteiger partial charge in [0.1, 0.15) is 0 Å². The summed E-state index contributed by atoms with van der Waals surface area (Å²) in [4.78, 5) is 4.25. The monoisotopic (exact) mass is 208 g/mol. The first-order valence-corrected chi connectivity index (χ1v) is 5.19. The van der Waals surface area contributed by atoms with Crippen LogP contribution >= 0.6 is 0 Å². The van der Waals surface area contributed by atoms with E-state index in [4.69, 9.17) is 15.2 Å². The zero-order chi connectivity index (χ0) is 10.7. The summed E-state index contributed by atoms with van der Waals surface area (Å²) in [5.74, 6) is 1.02. The van der Waals surface area contributed by atoms with Crippen molar-refractivity contribution in [2.75, 3.05) is 25.6 Å². The Morgan fingerprint density at radius 3 is 3.20 bits per heavy atom. The van der Waals surface area contributed by atoms with Crippen molar-refractivity contribution in [3.05, 3.63) is 17.8 Å². The van der Waals surface area contributed by atoms with E-state index < -0.39 is 0 Å². The van der Waals surface area contributed by atoms with E-state index in [2.05, 4.69) is 4.98 Å². The number of aromatic nitrogens is 1. The number of hydrogen-bond acceptors (Lipinski definition) is 4. The summed E-state index contributed by atoms with van der Waals surface area (Å²) >= 11 is 0. The molecule has 4 heteroatoms. The quantitative estimate of drug-likeness (QED) is 0.815. The molecule has 0 aliphatic carbocycles. The van der Waals surface area contributed by atoms with Gasteiger partial charge in [0.15, 0.2) is 0 Å². The molecule has 1 aromatic heterocycles. The van der Waals surface area contributed by atoms with Crippen molar-refractivity contribution in [3.8, 4) is 5.88 Å². The molecule has 1 atom stereocenters. The van der Waals surface area contributed by atoms with Crippen molar-refractivity contribution in [1.29, 1.82) is 0 Å². The first-order chi connectivity index (χ1) is 7.25. The van der Waals surface area contributed by atoms with Gasteiger partial charge in [-0.3, -0.25) is 0 Å². The van der Waals surface area contributed by atoms with Crippen LogP contribution in [-0.2, 0) is 4.74 Å². The minimum Gasteiger partial charge on any atom is -0.476 e. The number of ether oxygens (including phenoxy) is 2. The highest BCUT2D eigenvalue weighted by Gasteiger charge is 2.16. The summed E-state index contributed by atoms with van der Waals surface area (Å²) in [6.45, 7) is 4.18. The molecule has 1 fully saturated rings. The smallest absolute Gasteiger partial charge is 0.237 e. The number of nitrogens with zero attached hydrogens (tertiary/aromatic N) is 1. The van der Waals surface area contributed by atoms with Crippen LogP contribution in [0.25, 0.3) is 0 Å². The first kappa shape index (κ1) is 10.2. The molecule has 0 saturated carbocycles. The third-order valence-electron chi connectivity index (χ3n) is 2.51. The van der Waals surface area contributed by atoms with Gasteiger partial charge in [0, 0.05) is 18.2 Å². The Balaban J connectivity index is 1.94. The number of aryl methyl sites for hydroxylation is 1. The van der Waals surface area contributed by atoms with Crippen LogP contribution in [0.15, 0.2) is 12.1 Å². The van der Waals surface area contributed by atoms with E-state index in [-0.39, 0.29) is 0 Å². The minimum absolute atomic E-state index is 0.478. The number of hydrogen-bond donors (Lipinski definition) is 1. The van der Waals surface area contributed by atoms with E-state index in [0.29, 0.717) is 24.1 Å². The van der Waals surface area contributed by atoms with Gasteiger partial charge >= 0.3 is 0 Å². The number of rotatable bonds is 3. The molecule has 1 saturated heterocycles. The van der Waals surface area contributed by atoms with Crippen molar-refractivity contribution >= 4 is 5.69 Å². The van der Waals surface area contributed by atoms with Crippen LogP contribution in [0.2, 0.25) is 0 Å². The average molecular weight is 208 g/mol. The lowest BCUT2D eigenvalue weighted by Gasteiger charge is -2.11. The third-order valence-corrected chi connectivity index (χ3v) is 2.51. The molecule has 1 aliphatic heterocycles. The molecule has 0 aromatic carbocycles. The van der Waals surface area contributed by atoms with Crippen molar-refractivity contribution in [1.82, 2.24) is 4.98 Å². The Kier molecular flexibility index (Phi) is 3.06. The summed E-state index contributed by atoms with van der Waals surface area (Å²) < 4.78 is 10.9. The lowest BCUT2D eigenvalue weighted by Crippen LogP contribution is -2.13. The van der Waals surface area contributed by atoms with Gasteiger partial charge in [-0.05, 0) is 25.5 Å². The van der Waals surface area contributed by atoms with Crippen molar-refractivity contribution in [3.63, 3.8) is 0 Å². The second kappa shape index (κ2) is 4.49. The largest absolute Gasteiger partial charge is 0.476 e. The molecule has 0 amide bonds. The van der Waals surface area contributed by atoms with E-state index >= 15 is 0 Å². The fourth-order valence-electron chi connectivity index (χ4n) is 1.57. The molecule has 2 rings (SSSR count). The molecule has 0 spiro atoms. The highest BCUT2D eigenvalue weighted by Crippen LogP contribution is 2.20. The van der Waals surface area contributed by atoms with Gasteiger partial charge in [-0.2, -0.15) is 0 Å². The van der Waals surface area contributed by atoms with E-state index in [1.165, 1.54) is 0 Å². The summed E-state index contributed by atoms with van der Waals surface area (Å²) in [5.41, 5.74) is 7.27. The summed E-state index contributed by atoms with van der Waals surface area (Å²) in [7, 11) is 0. The zero-order valence-electron chi connectivity index (χ0n) is 8.90. The molecular formula is C11H16N2O2. The molecule has 4 nitrogen and oxygen atoms in total. The second-order valence-corrected chi connectivity index (χ2v) is 3.89. The summed E-state index contributed by atoms with van der Waals surface area (Å²) in [5, 5.41) is 0. The van der Waals surface area contributed by atoms with Gasteiger partial charge in [-0.15, -0.1) is 0 Å². The van der Waals surface area contributed by atoms with Crippen LogP contribution in [0.3, 0.4) is 0 Å². The fourth-order valence-corrected chi connectivity index (χ4v) is 1.57. The van der Waals surface area contributed by atoms with Gasteiger partial charge in [-0.1, -0.05) is 0 Å². The van der Waals surface area contributed by atoms with E-state index in [1.807, 2.05) is 19.1 Å². The van der Waals surface area contributed by atoms with Crippen LogP contribution in [0.5, 0.6) is 5.88 Å². The highest BCUT2D eigenvalue weighted by molar-refractivity contribution is 5.48. The van der Waals surface area contributed by atoms with Gasteiger partial charge < -0.3 is 15.2 Å². The summed E-state index contributed by atoms with van der Waals surface area (Å²) in [6.07, 6.45) is 1.06. The molecule has 1 aliphatic rings. The van der Waals surface area contributed by atoms with Gasteiger partial charge in [-0.25, -0.2) is 4.98 Å². The maximum absolute atomic E-state index is 5.76. The molecule has 1 unspecified atom stereocenters. The molecule has 15 heavy (non-hydrogen) atoms. The predicted octanol–water partition coefficient (Wildman–Crippen LogP) is 1.39. The standard InChI is InChI=1S/C11H16N2O2/c1-8-2-3-10(12)11(13-8)15-7-9-4-5-14-6-9/h2-3,9H,4-7,12H2,1H3. The molecule has 1 aromatic rings. The zero-order valence-corrected chi connectivity index (χ0v) is 8.90. The second-order valence-electron chi connectivity index (χ2n) is 3.89. The van der Waals surface area contributed by atoms with E-state index in [0.717, 1.165) is 25.3 Å². The van der Waals surface area contributed by atoms with Crippen LogP contribution in [-0.4, -0.2) is 24.8 Å². The Morgan fingerprint density at radius 1 is 1.60 bits per heavy atom. The van der Waals surface area contributed by atoms with Crippen molar-refractivity contribution < 1.29 is 9.47 Å². The Bertz CT molecular complexity index is 335. The number of pyridine rings is 1. The van der Waals surface area contributed by atoms with Crippen LogP contribution in [0, 0.1) is 12.8 Å². The maximum Gasteiger partial charge on any atom is 0.237 e. The van der Waals surface area contributed by atoms with E-state index in [1.54, 1.807) is 0 Å².